The number of hydrogen-bond acceptors (Lipinski definition) is 6. The molecule has 3 atom stereocenters. The van der Waals surface area contributed by atoms with Crippen LogP contribution < -0.4 is 16.2 Å². The van der Waals surface area contributed by atoms with Gasteiger partial charge in [0.05, 0.1) is 5.92 Å². The van der Waals surface area contributed by atoms with Crippen LogP contribution in [0.5, 0.6) is 0 Å². The van der Waals surface area contributed by atoms with Crippen LogP contribution in [0.25, 0.3) is 0 Å². The average Bonchev–Trinajstić information content (AvgIpc) is 3.12. The highest BCUT2D eigenvalue weighted by atomic mass is 16.2. The van der Waals surface area contributed by atoms with Gasteiger partial charge in [-0.25, -0.2) is 0 Å². The summed E-state index contributed by atoms with van der Waals surface area (Å²) in [6.07, 6.45) is 10.6. The highest BCUT2D eigenvalue weighted by Gasteiger charge is 2.39. The third-order valence-electron chi connectivity index (χ3n) is 12.3. The van der Waals surface area contributed by atoms with Gasteiger partial charge in [0.1, 0.15) is 0 Å². The van der Waals surface area contributed by atoms with Crippen molar-refractivity contribution in [3.63, 3.8) is 0 Å². The van der Waals surface area contributed by atoms with E-state index in [0.717, 1.165) is 80.7 Å². The monoisotopic (exact) mass is 677 g/mol. The normalized spacial score (nSPS) is 24.6. The molecule has 2 aromatic carbocycles. The van der Waals surface area contributed by atoms with Crippen molar-refractivity contribution in [3.05, 3.63) is 99.0 Å². The molecule has 1 aromatic heterocycles. The number of hydrogen-bond donors (Lipinski definition) is 2. The second-order valence-corrected chi connectivity index (χ2v) is 15.6. The summed E-state index contributed by atoms with van der Waals surface area (Å²) in [5.74, 6) is 0.417. The molecule has 4 heterocycles. The Kier molecular flexibility index (Phi) is 9.70. The average molecular weight is 678 g/mol. The number of pyridine rings is 1. The van der Waals surface area contributed by atoms with Gasteiger partial charge in [0, 0.05) is 68.7 Å². The largest absolute Gasteiger partial charge is 0.381 e. The molecule has 3 saturated heterocycles. The van der Waals surface area contributed by atoms with Crippen molar-refractivity contribution in [1.82, 2.24) is 19.7 Å². The number of carbonyl (C=O) groups excluding carboxylic acids is 3. The number of benzene rings is 2. The Morgan fingerprint density at radius 2 is 1.44 bits per heavy atom. The van der Waals surface area contributed by atoms with Crippen LogP contribution in [0, 0.1) is 12.3 Å². The molecular weight excluding hydrogens is 626 g/mol. The van der Waals surface area contributed by atoms with Gasteiger partial charge >= 0.3 is 0 Å². The molecule has 2 N–H and O–H groups in total. The van der Waals surface area contributed by atoms with Crippen molar-refractivity contribution >= 4 is 23.4 Å². The van der Waals surface area contributed by atoms with Gasteiger partial charge in [0.15, 0.2) is 0 Å². The summed E-state index contributed by atoms with van der Waals surface area (Å²) in [5, 5.41) is 6.11. The number of amides is 3. The SMILES string of the molecule is Cc1c(NC2CC(c3ccc(C(=O)N4CCC5(CCC(c6ccc(C7CCC(=O)NC7=O)cc6)CC5)CC4)cc3)CN(C)C2)ccn(C)c1=O. The fraction of sp³-hybridized carbons (Fsp3) is 0.512. The van der Waals surface area contributed by atoms with E-state index >= 15 is 0 Å². The summed E-state index contributed by atoms with van der Waals surface area (Å²) in [6, 6.07) is 19.1. The van der Waals surface area contributed by atoms with E-state index in [4.69, 9.17) is 0 Å². The maximum Gasteiger partial charge on any atom is 0.255 e. The molecule has 264 valence electrons. The van der Waals surface area contributed by atoms with Crippen molar-refractivity contribution in [2.75, 3.05) is 38.5 Å². The van der Waals surface area contributed by atoms with E-state index in [9.17, 15) is 19.2 Å². The maximum absolute atomic E-state index is 13.6. The molecular formula is C41H51N5O4. The van der Waals surface area contributed by atoms with Crippen molar-refractivity contribution in [1.29, 1.82) is 0 Å². The summed E-state index contributed by atoms with van der Waals surface area (Å²) >= 11 is 0. The van der Waals surface area contributed by atoms with Gasteiger partial charge in [-0.05, 0) is 117 Å². The Bertz CT molecular complexity index is 1780. The fourth-order valence-corrected chi connectivity index (χ4v) is 9.14. The van der Waals surface area contributed by atoms with Crippen LogP contribution in [-0.2, 0) is 16.6 Å². The van der Waals surface area contributed by atoms with E-state index in [1.807, 2.05) is 31.3 Å². The van der Waals surface area contributed by atoms with E-state index < -0.39 is 0 Å². The van der Waals surface area contributed by atoms with Gasteiger partial charge in [-0.3, -0.25) is 24.5 Å². The number of imide groups is 1. The van der Waals surface area contributed by atoms with E-state index in [1.54, 1.807) is 11.6 Å². The zero-order valence-corrected chi connectivity index (χ0v) is 29.7. The van der Waals surface area contributed by atoms with E-state index in [2.05, 4.69) is 63.9 Å². The minimum atomic E-state index is -0.235. The minimum Gasteiger partial charge on any atom is -0.381 e. The highest BCUT2D eigenvalue weighted by molar-refractivity contribution is 6.01. The molecule has 4 aliphatic rings. The minimum absolute atomic E-state index is 0.0277. The third kappa shape index (κ3) is 7.15. The van der Waals surface area contributed by atoms with E-state index in [0.29, 0.717) is 30.1 Å². The molecule has 9 heteroatoms. The Hall–Kier alpha value is -4.24. The van der Waals surface area contributed by atoms with Crippen molar-refractivity contribution < 1.29 is 14.4 Å². The maximum atomic E-state index is 13.6. The lowest BCUT2D eigenvalue weighted by Gasteiger charge is -2.46. The van der Waals surface area contributed by atoms with Crippen LogP contribution in [0.3, 0.4) is 0 Å². The Labute approximate surface area is 295 Å². The number of nitrogens with one attached hydrogen (secondary N) is 2. The van der Waals surface area contributed by atoms with Crippen LogP contribution in [0.2, 0.25) is 0 Å². The summed E-state index contributed by atoms with van der Waals surface area (Å²) < 4.78 is 1.61. The second kappa shape index (κ2) is 14.2. The summed E-state index contributed by atoms with van der Waals surface area (Å²) in [7, 11) is 3.93. The Balaban J connectivity index is 0.901. The van der Waals surface area contributed by atoms with Crippen molar-refractivity contribution in [3.8, 4) is 0 Å². The molecule has 1 aliphatic carbocycles. The standard InChI is InChI=1S/C41H51N5O4/c1-27-36(16-21-45(3)39(27)49)42-34-24-33(25-44(2)26-34)29-6-10-32(11-7-29)40(50)46-22-19-41(20-23-46)17-14-30(15-18-41)28-4-8-31(9-5-28)35-12-13-37(47)43-38(35)48/h4-11,16,21,30,33-35,42H,12-15,17-20,22-26H2,1-3H3,(H,43,47,48). The number of carbonyl (C=O) groups is 3. The molecule has 7 rings (SSSR count). The number of aryl methyl sites for hydroxylation is 1. The quantitative estimate of drug-likeness (QED) is 0.325. The van der Waals surface area contributed by atoms with Crippen LogP contribution in [-0.4, -0.2) is 71.4 Å². The first-order valence-corrected chi connectivity index (χ1v) is 18.5. The first kappa shape index (κ1) is 34.2. The number of nitrogens with zero attached hydrogens (tertiary/aromatic N) is 3. The van der Waals surface area contributed by atoms with Gasteiger partial charge in [-0.2, -0.15) is 0 Å². The van der Waals surface area contributed by atoms with Gasteiger partial charge < -0.3 is 19.7 Å². The number of likely N-dealkylation sites (N-methyl/N-ethyl adjacent to an activating group) is 1. The van der Waals surface area contributed by atoms with Crippen LogP contribution in [0.4, 0.5) is 5.69 Å². The lowest BCUT2D eigenvalue weighted by molar-refractivity contribution is -0.134. The summed E-state index contributed by atoms with van der Waals surface area (Å²) in [6.45, 7) is 5.39. The first-order valence-electron chi connectivity index (χ1n) is 18.5. The number of likely N-dealkylation sites (tertiary alicyclic amines) is 2. The molecule has 3 aromatic rings. The summed E-state index contributed by atoms with van der Waals surface area (Å²) in [5.41, 5.74) is 6.36. The molecule has 4 fully saturated rings. The lowest BCUT2D eigenvalue weighted by atomic mass is 9.64. The van der Waals surface area contributed by atoms with E-state index in [1.165, 1.54) is 24.0 Å². The third-order valence-corrected chi connectivity index (χ3v) is 12.3. The zero-order chi connectivity index (χ0) is 35.0. The van der Waals surface area contributed by atoms with Crippen molar-refractivity contribution in [2.45, 2.75) is 88.5 Å². The molecule has 0 bridgehead atoms. The molecule has 50 heavy (non-hydrogen) atoms. The molecule has 3 unspecified atom stereocenters. The van der Waals surface area contributed by atoms with Crippen LogP contribution >= 0.6 is 0 Å². The summed E-state index contributed by atoms with van der Waals surface area (Å²) in [4.78, 5) is 54.3. The van der Waals surface area contributed by atoms with Crippen LogP contribution in [0.1, 0.15) is 108 Å². The molecule has 3 aliphatic heterocycles. The highest BCUT2D eigenvalue weighted by Crippen LogP contribution is 2.49. The Morgan fingerprint density at radius 1 is 0.800 bits per heavy atom. The van der Waals surface area contributed by atoms with Gasteiger partial charge in [0.2, 0.25) is 11.8 Å². The number of piperidine rings is 3. The number of aromatic nitrogens is 1. The van der Waals surface area contributed by atoms with Crippen LogP contribution in [0.15, 0.2) is 65.6 Å². The number of anilines is 1. The van der Waals surface area contributed by atoms with E-state index in [-0.39, 0.29) is 35.2 Å². The van der Waals surface area contributed by atoms with Gasteiger partial charge in [0.25, 0.3) is 11.5 Å². The fourth-order valence-electron chi connectivity index (χ4n) is 9.14. The topological polar surface area (TPSA) is 104 Å². The molecule has 1 spiro atoms. The molecule has 3 amide bonds. The predicted octanol–water partition coefficient (Wildman–Crippen LogP) is 5.69. The zero-order valence-electron chi connectivity index (χ0n) is 29.7. The molecule has 1 saturated carbocycles. The number of rotatable bonds is 6. The van der Waals surface area contributed by atoms with Crippen molar-refractivity contribution in [2.24, 2.45) is 12.5 Å². The Morgan fingerprint density at radius 3 is 2.12 bits per heavy atom. The van der Waals surface area contributed by atoms with Gasteiger partial charge in [-0.1, -0.05) is 36.4 Å². The molecule has 0 radical (unpaired) electrons. The lowest BCUT2D eigenvalue weighted by Crippen LogP contribution is -2.44. The second-order valence-electron chi connectivity index (χ2n) is 15.6. The predicted molar refractivity (Wildman–Crippen MR) is 195 cm³/mol. The molecule has 9 nitrogen and oxygen atoms in total. The van der Waals surface area contributed by atoms with Gasteiger partial charge in [-0.15, -0.1) is 0 Å². The first-order chi connectivity index (χ1) is 24.1. The smallest absolute Gasteiger partial charge is 0.255 e.